The number of aryl methyl sites for hydroxylation is 2. The number of nitrogens with one attached hydrogen (secondary N) is 4. The Kier molecular flexibility index (Phi) is 17.5. The molecular formula is C42H56N6O8S2. The predicted octanol–water partition coefficient (Wildman–Crippen LogP) is 2.33. The van der Waals surface area contributed by atoms with E-state index in [4.69, 9.17) is 0 Å². The summed E-state index contributed by atoms with van der Waals surface area (Å²) in [7, 11) is -7.94. The lowest BCUT2D eigenvalue weighted by Gasteiger charge is -2.35. The molecule has 58 heavy (non-hydrogen) atoms. The third-order valence-electron chi connectivity index (χ3n) is 9.64. The van der Waals surface area contributed by atoms with Gasteiger partial charge in [0.2, 0.25) is 31.9 Å². The molecule has 4 rings (SSSR count). The van der Waals surface area contributed by atoms with E-state index in [1.807, 2.05) is 0 Å². The van der Waals surface area contributed by atoms with Crippen LogP contribution in [0.4, 0.5) is 0 Å². The highest BCUT2D eigenvalue weighted by Crippen LogP contribution is 2.17. The van der Waals surface area contributed by atoms with E-state index < -0.39 is 80.1 Å². The van der Waals surface area contributed by atoms with Crippen molar-refractivity contribution >= 4 is 31.9 Å². The van der Waals surface area contributed by atoms with Crippen molar-refractivity contribution in [3.8, 4) is 0 Å². The van der Waals surface area contributed by atoms with Crippen LogP contribution in [0.1, 0.15) is 50.2 Å². The minimum absolute atomic E-state index is 0.0404. The van der Waals surface area contributed by atoms with Crippen molar-refractivity contribution in [1.82, 2.24) is 30.0 Å². The zero-order chi connectivity index (χ0) is 42.3. The van der Waals surface area contributed by atoms with Gasteiger partial charge in [0.15, 0.2) is 0 Å². The molecule has 0 saturated carbocycles. The van der Waals surface area contributed by atoms with Crippen molar-refractivity contribution in [2.24, 2.45) is 11.8 Å². The molecule has 6 N–H and O–H groups in total. The van der Waals surface area contributed by atoms with Crippen molar-refractivity contribution < 1.29 is 36.6 Å². The van der Waals surface area contributed by atoms with E-state index in [-0.39, 0.29) is 37.2 Å². The molecule has 16 heteroatoms. The van der Waals surface area contributed by atoms with E-state index in [0.717, 1.165) is 0 Å². The Hall–Kier alpha value is -4.58. The van der Waals surface area contributed by atoms with Crippen LogP contribution in [-0.2, 0) is 55.3 Å². The van der Waals surface area contributed by atoms with Gasteiger partial charge in [-0.05, 0) is 60.1 Å². The Morgan fingerprint density at radius 3 is 1.21 bits per heavy atom. The van der Waals surface area contributed by atoms with Crippen molar-refractivity contribution in [2.75, 3.05) is 11.5 Å². The second-order valence-corrected chi connectivity index (χ2v) is 18.8. The number of pyridine rings is 2. The number of hydrogen-bond donors (Lipinski definition) is 6. The molecule has 314 valence electrons. The van der Waals surface area contributed by atoms with Crippen LogP contribution in [0.3, 0.4) is 0 Å². The molecule has 0 bridgehead atoms. The molecule has 2 amide bonds. The van der Waals surface area contributed by atoms with Gasteiger partial charge < -0.3 is 20.8 Å². The van der Waals surface area contributed by atoms with Gasteiger partial charge in [0.05, 0.1) is 23.6 Å². The number of hydrogen-bond acceptors (Lipinski definition) is 10. The molecule has 14 nitrogen and oxygen atoms in total. The average Bonchev–Trinajstić information content (AvgIpc) is 3.21. The number of sulfonamides is 2. The molecular weight excluding hydrogens is 781 g/mol. The van der Waals surface area contributed by atoms with Gasteiger partial charge in [-0.15, -0.1) is 0 Å². The van der Waals surface area contributed by atoms with E-state index in [1.54, 1.807) is 137 Å². The first-order valence-electron chi connectivity index (χ1n) is 19.4. The number of aliphatic hydroxyl groups excluding tert-OH is 2. The standard InChI is InChI=1S/C42H56N6O8S2/c1-29(2)37(47-57(53,54)25-21-33-19-11-13-23-43-33)41(51)45-35(27-31-15-7-5-8-16-31)39(49)40(50)36(28-32-17-9-6-10-18-32)46-42(52)38(30(3)4)48-58(55,56)26-22-34-20-12-14-24-44-34/h5-20,23-24,29-30,35-40,47-50H,21-22,25-28H2,1-4H3,(H,45,51)(H,46,52)/t35-,36-,37-,38-,39-,40+/m0/s1. The second-order valence-electron chi connectivity index (χ2n) is 15.0. The van der Waals surface area contributed by atoms with E-state index >= 15 is 0 Å². The molecule has 4 aromatic rings. The second kappa shape index (κ2) is 22.0. The van der Waals surface area contributed by atoms with Crippen LogP contribution in [0.25, 0.3) is 0 Å². The van der Waals surface area contributed by atoms with Gasteiger partial charge in [-0.25, -0.2) is 26.3 Å². The number of aromatic nitrogens is 2. The molecule has 0 spiro atoms. The van der Waals surface area contributed by atoms with Crippen LogP contribution in [0.15, 0.2) is 109 Å². The van der Waals surface area contributed by atoms with Gasteiger partial charge in [0.1, 0.15) is 24.3 Å². The number of rotatable bonds is 23. The quantitative estimate of drug-likeness (QED) is 0.0641. The number of amides is 2. The molecule has 6 atom stereocenters. The molecule has 2 aromatic heterocycles. The van der Waals surface area contributed by atoms with Gasteiger partial charge >= 0.3 is 0 Å². The minimum Gasteiger partial charge on any atom is -0.388 e. The summed E-state index contributed by atoms with van der Waals surface area (Å²) < 4.78 is 57.8. The van der Waals surface area contributed by atoms with Crippen molar-refractivity contribution in [3.63, 3.8) is 0 Å². The molecule has 0 saturated heterocycles. The Balaban J connectivity index is 1.57. The maximum Gasteiger partial charge on any atom is 0.238 e. The van der Waals surface area contributed by atoms with Crippen molar-refractivity contribution in [2.45, 2.75) is 89.8 Å². The van der Waals surface area contributed by atoms with Crippen LogP contribution in [0, 0.1) is 11.8 Å². The highest BCUT2D eigenvalue weighted by molar-refractivity contribution is 7.89. The molecule has 0 radical (unpaired) electrons. The van der Waals surface area contributed by atoms with Crippen LogP contribution in [0.2, 0.25) is 0 Å². The SMILES string of the molecule is CC(C)[C@H](NS(=O)(=O)CCc1ccccn1)C(=O)N[C@@H](Cc1ccccc1)[C@H](O)[C@H](O)[C@H](Cc1ccccc1)NC(=O)[C@@H](NS(=O)(=O)CCc1ccccn1)C(C)C. The smallest absolute Gasteiger partial charge is 0.238 e. The molecule has 2 heterocycles. The first-order chi connectivity index (χ1) is 27.5. The number of aliphatic hydroxyl groups is 2. The number of carbonyl (C=O) groups excluding carboxylic acids is 2. The first kappa shape index (κ1) is 46.1. The number of nitrogens with zero attached hydrogens (tertiary/aromatic N) is 2. The summed E-state index contributed by atoms with van der Waals surface area (Å²) in [6, 6.07) is 23.5. The van der Waals surface area contributed by atoms with Crippen LogP contribution < -0.4 is 20.1 Å². The van der Waals surface area contributed by atoms with E-state index in [0.29, 0.717) is 22.5 Å². The van der Waals surface area contributed by atoms with Gasteiger partial charge in [0.25, 0.3) is 0 Å². The highest BCUT2D eigenvalue weighted by Gasteiger charge is 2.38. The Labute approximate surface area is 342 Å². The largest absolute Gasteiger partial charge is 0.388 e. The maximum absolute atomic E-state index is 14.0. The number of benzene rings is 2. The first-order valence-corrected chi connectivity index (χ1v) is 22.7. The summed E-state index contributed by atoms with van der Waals surface area (Å²) in [5.41, 5.74) is 2.57. The molecule has 0 fully saturated rings. The fourth-order valence-corrected chi connectivity index (χ4v) is 9.05. The summed E-state index contributed by atoms with van der Waals surface area (Å²) in [5.74, 6) is -3.06. The Bertz CT molecular complexity index is 1930. The number of carbonyl (C=O) groups is 2. The molecule has 0 aliphatic rings. The van der Waals surface area contributed by atoms with Crippen LogP contribution in [0.5, 0.6) is 0 Å². The summed E-state index contributed by atoms with van der Waals surface area (Å²) in [4.78, 5) is 36.3. The van der Waals surface area contributed by atoms with Crippen molar-refractivity contribution in [1.29, 1.82) is 0 Å². The maximum atomic E-state index is 14.0. The van der Waals surface area contributed by atoms with Gasteiger partial charge in [-0.2, -0.15) is 0 Å². The third kappa shape index (κ3) is 15.0. The fourth-order valence-electron chi connectivity index (χ4n) is 6.33. The monoisotopic (exact) mass is 836 g/mol. The fraction of sp³-hybridized carbons (Fsp3) is 0.429. The van der Waals surface area contributed by atoms with E-state index in [1.165, 1.54) is 0 Å². The predicted molar refractivity (Wildman–Crippen MR) is 223 cm³/mol. The topological polar surface area (TPSA) is 217 Å². The average molecular weight is 837 g/mol. The Morgan fingerprint density at radius 2 is 0.897 bits per heavy atom. The lowest BCUT2D eigenvalue weighted by molar-refractivity contribution is -0.129. The summed E-state index contributed by atoms with van der Waals surface area (Å²) in [6.45, 7) is 6.75. The van der Waals surface area contributed by atoms with Gasteiger partial charge in [0, 0.05) is 36.6 Å². The lowest BCUT2D eigenvalue weighted by atomic mass is 9.90. The molecule has 0 aliphatic carbocycles. The zero-order valence-corrected chi connectivity index (χ0v) is 34.9. The molecule has 2 aromatic carbocycles. The minimum atomic E-state index is -3.97. The Morgan fingerprint density at radius 1 is 0.552 bits per heavy atom. The van der Waals surface area contributed by atoms with Crippen LogP contribution >= 0.6 is 0 Å². The summed E-state index contributed by atoms with van der Waals surface area (Å²) >= 11 is 0. The van der Waals surface area contributed by atoms with Crippen molar-refractivity contribution in [3.05, 3.63) is 132 Å². The van der Waals surface area contributed by atoms with Gasteiger partial charge in [-0.3, -0.25) is 19.6 Å². The zero-order valence-electron chi connectivity index (χ0n) is 33.3. The van der Waals surface area contributed by atoms with Gasteiger partial charge in [-0.1, -0.05) is 100 Å². The van der Waals surface area contributed by atoms with Crippen LogP contribution in [-0.4, -0.2) is 96.7 Å². The van der Waals surface area contributed by atoms with E-state index in [9.17, 15) is 36.6 Å². The van der Waals surface area contributed by atoms with E-state index in [2.05, 4.69) is 30.0 Å². The lowest BCUT2D eigenvalue weighted by Crippen LogP contribution is -2.61. The summed E-state index contributed by atoms with van der Waals surface area (Å²) in [5, 5.41) is 29.5. The summed E-state index contributed by atoms with van der Waals surface area (Å²) in [6.07, 6.45) is 0.0826. The highest BCUT2D eigenvalue weighted by atomic mass is 32.2. The molecule has 0 aliphatic heterocycles. The molecule has 0 unspecified atom stereocenters. The third-order valence-corrected chi connectivity index (χ3v) is 12.4. The normalized spacial score (nSPS) is 15.2.